The molecule has 1 fully saturated rings. The van der Waals surface area contributed by atoms with Crippen LogP contribution in [-0.2, 0) is 0 Å². The Labute approximate surface area is 145 Å². The second-order valence-corrected chi connectivity index (χ2v) is 6.10. The third-order valence-corrected chi connectivity index (χ3v) is 4.22. The van der Waals surface area contributed by atoms with E-state index in [9.17, 15) is 14.0 Å². The van der Waals surface area contributed by atoms with Gasteiger partial charge in [-0.1, -0.05) is 18.9 Å². The van der Waals surface area contributed by atoms with E-state index in [1.807, 2.05) is 0 Å². The second-order valence-electron chi connectivity index (χ2n) is 6.10. The number of anilines is 1. The van der Waals surface area contributed by atoms with Gasteiger partial charge in [0.1, 0.15) is 11.5 Å². The number of carbonyl (C=O) groups is 2. The standard InChI is InChI=1S/C19H20FN3O2/c20-15-6-5-7-16(13-15)22-18(24)14-8-9-21-17(12-14)19(25)23-10-3-1-2-4-11-23/h5-9,12-13H,1-4,10-11H2,(H,22,24). The fourth-order valence-electron chi connectivity index (χ4n) is 2.89. The molecule has 0 bridgehead atoms. The van der Waals surface area contributed by atoms with Gasteiger partial charge in [-0.25, -0.2) is 4.39 Å². The molecule has 25 heavy (non-hydrogen) atoms. The number of halogens is 1. The van der Waals surface area contributed by atoms with E-state index in [0.717, 1.165) is 38.8 Å². The minimum absolute atomic E-state index is 0.151. The number of likely N-dealkylation sites (tertiary alicyclic amines) is 1. The molecule has 1 aliphatic heterocycles. The molecule has 0 spiro atoms. The lowest BCUT2D eigenvalue weighted by atomic mass is 10.2. The number of hydrogen-bond donors (Lipinski definition) is 1. The van der Waals surface area contributed by atoms with Gasteiger partial charge in [0.05, 0.1) is 0 Å². The van der Waals surface area contributed by atoms with Crippen LogP contribution in [-0.4, -0.2) is 34.8 Å². The molecule has 130 valence electrons. The van der Waals surface area contributed by atoms with Crippen LogP contribution >= 0.6 is 0 Å². The molecule has 0 aliphatic carbocycles. The van der Waals surface area contributed by atoms with Gasteiger partial charge in [0, 0.05) is 30.5 Å². The van der Waals surface area contributed by atoms with Crippen molar-refractivity contribution in [2.45, 2.75) is 25.7 Å². The maximum Gasteiger partial charge on any atom is 0.272 e. The Morgan fingerprint density at radius 3 is 2.52 bits per heavy atom. The molecular formula is C19H20FN3O2. The molecule has 2 amide bonds. The molecule has 1 aromatic heterocycles. The lowest BCUT2D eigenvalue weighted by Gasteiger charge is -2.19. The van der Waals surface area contributed by atoms with Crippen LogP contribution in [0, 0.1) is 5.82 Å². The molecule has 1 saturated heterocycles. The van der Waals surface area contributed by atoms with Crippen molar-refractivity contribution in [3.05, 3.63) is 59.7 Å². The Bertz CT molecular complexity index is 771. The van der Waals surface area contributed by atoms with Crippen LogP contribution in [0.15, 0.2) is 42.6 Å². The molecule has 5 nitrogen and oxygen atoms in total. The molecule has 2 heterocycles. The number of aromatic nitrogens is 1. The molecule has 1 N–H and O–H groups in total. The Hall–Kier alpha value is -2.76. The summed E-state index contributed by atoms with van der Waals surface area (Å²) in [6.45, 7) is 1.44. The Kier molecular flexibility index (Phi) is 5.38. The van der Waals surface area contributed by atoms with Gasteiger partial charge >= 0.3 is 0 Å². The smallest absolute Gasteiger partial charge is 0.272 e. The van der Waals surface area contributed by atoms with E-state index in [2.05, 4.69) is 10.3 Å². The van der Waals surface area contributed by atoms with Crippen LogP contribution < -0.4 is 5.32 Å². The van der Waals surface area contributed by atoms with E-state index < -0.39 is 11.7 Å². The van der Waals surface area contributed by atoms with Crippen molar-refractivity contribution in [2.24, 2.45) is 0 Å². The van der Waals surface area contributed by atoms with E-state index in [4.69, 9.17) is 0 Å². The molecule has 3 rings (SSSR count). The molecule has 0 atom stereocenters. The molecule has 2 aromatic rings. The molecule has 6 heteroatoms. The average molecular weight is 341 g/mol. The summed E-state index contributed by atoms with van der Waals surface area (Å²) >= 11 is 0. The zero-order valence-electron chi connectivity index (χ0n) is 13.9. The predicted octanol–water partition coefficient (Wildman–Crippen LogP) is 3.49. The van der Waals surface area contributed by atoms with E-state index in [1.54, 1.807) is 11.0 Å². The number of pyridine rings is 1. The van der Waals surface area contributed by atoms with E-state index >= 15 is 0 Å². The van der Waals surface area contributed by atoms with Crippen LogP contribution in [0.25, 0.3) is 0 Å². The highest BCUT2D eigenvalue weighted by Crippen LogP contribution is 2.15. The SMILES string of the molecule is O=C(Nc1cccc(F)c1)c1ccnc(C(=O)N2CCCCCC2)c1. The van der Waals surface area contributed by atoms with Gasteiger partial charge in [0.2, 0.25) is 0 Å². The molecule has 0 unspecified atom stereocenters. The summed E-state index contributed by atoms with van der Waals surface area (Å²) < 4.78 is 13.2. The van der Waals surface area contributed by atoms with Crippen molar-refractivity contribution < 1.29 is 14.0 Å². The predicted molar refractivity (Wildman–Crippen MR) is 93.0 cm³/mol. The maximum atomic E-state index is 13.2. The van der Waals surface area contributed by atoms with Crippen molar-refractivity contribution in [2.75, 3.05) is 18.4 Å². The first-order valence-corrected chi connectivity index (χ1v) is 8.46. The normalized spacial score (nSPS) is 14.7. The Balaban J connectivity index is 1.74. The van der Waals surface area contributed by atoms with Gasteiger partial charge in [-0.3, -0.25) is 14.6 Å². The number of rotatable bonds is 3. The van der Waals surface area contributed by atoms with Crippen molar-refractivity contribution in [1.82, 2.24) is 9.88 Å². The third-order valence-electron chi connectivity index (χ3n) is 4.22. The largest absolute Gasteiger partial charge is 0.337 e. The lowest BCUT2D eigenvalue weighted by Crippen LogP contribution is -2.32. The van der Waals surface area contributed by atoms with Crippen molar-refractivity contribution in [1.29, 1.82) is 0 Å². The van der Waals surface area contributed by atoms with Gasteiger partial charge in [0.25, 0.3) is 11.8 Å². The van der Waals surface area contributed by atoms with Gasteiger partial charge in [0.15, 0.2) is 0 Å². The van der Waals surface area contributed by atoms with Crippen LogP contribution in [0.3, 0.4) is 0 Å². The number of amides is 2. The number of nitrogens with one attached hydrogen (secondary N) is 1. The van der Waals surface area contributed by atoms with Crippen molar-refractivity contribution >= 4 is 17.5 Å². The van der Waals surface area contributed by atoms with Crippen LogP contribution in [0.5, 0.6) is 0 Å². The fourth-order valence-corrected chi connectivity index (χ4v) is 2.89. The zero-order valence-corrected chi connectivity index (χ0v) is 13.9. The van der Waals surface area contributed by atoms with Gasteiger partial charge < -0.3 is 10.2 Å². The number of benzene rings is 1. The molecule has 1 aromatic carbocycles. The van der Waals surface area contributed by atoms with Crippen molar-refractivity contribution in [3.63, 3.8) is 0 Å². The summed E-state index contributed by atoms with van der Waals surface area (Å²) in [5, 5.41) is 2.62. The quantitative estimate of drug-likeness (QED) is 0.929. The lowest BCUT2D eigenvalue weighted by molar-refractivity contribution is 0.0755. The molecular weight excluding hydrogens is 321 g/mol. The summed E-state index contributed by atoms with van der Waals surface area (Å²) in [6, 6.07) is 8.69. The minimum Gasteiger partial charge on any atom is -0.337 e. The average Bonchev–Trinajstić information content (AvgIpc) is 2.90. The summed E-state index contributed by atoms with van der Waals surface area (Å²) in [7, 11) is 0. The molecule has 0 saturated carbocycles. The van der Waals surface area contributed by atoms with E-state index in [0.29, 0.717) is 11.3 Å². The Morgan fingerprint density at radius 2 is 1.80 bits per heavy atom. The highest BCUT2D eigenvalue weighted by molar-refractivity contribution is 6.05. The summed E-state index contributed by atoms with van der Waals surface area (Å²) in [5.41, 5.74) is 0.938. The third kappa shape index (κ3) is 4.41. The van der Waals surface area contributed by atoms with E-state index in [1.165, 1.54) is 36.5 Å². The topological polar surface area (TPSA) is 62.3 Å². The fraction of sp³-hybridized carbons (Fsp3) is 0.316. The zero-order chi connectivity index (χ0) is 17.6. The summed E-state index contributed by atoms with van der Waals surface area (Å²) in [4.78, 5) is 30.9. The highest BCUT2D eigenvalue weighted by atomic mass is 19.1. The second kappa shape index (κ2) is 7.88. The number of nitrogens with zero attached hydrogens (tertiary/aromatic N) is 2. The first kappa shape index (κ1) is 17.1. The van der Waals surface area contributed by atoms with E-state index in [-0.39, 0.29) is 11.6 Å². The summed E-state index contributed by atoms with van der Waals surface area (Å²) in [5.74, 6) is -0.982. The first-order chi connectivity index (χ1) is 12.1. The monoisotopic (exact) mass is 341 g/mol. The number of hydrogen-bond acceptors (Lipinski definition) is 3. The molecule has 1 aliphatic rings. The molecule has 0 radical (unpaired) electrons. The summed E-state index contributed by atoms with van der Waals surface area (Å²) in [6.07, 6.45) is 5.70. The van der Waals surface area contributed by atoms with Crippen LogP contribution in [0.4, 0.5) is 10.1 Å². The Morgan fingerprint density at radius 1 is 1.04 bits per heavy atom. The van der Waals surface area contributed by atoms with Gasteiger partial charge in [-0.2, -0.15) is 0 Å². The first-order valence-electron chi connectivity index (χ1n) is 8.46. The highest BCUT2D eigenvalue weighted by Gasteiger charge is 2.19. The van der Waals surface area contributed by atoms with Crippen LogP contribution in [0.2, 0.25) is 0 Å². The van der Waals surface area contributed by atoms with Gasteiger partial charge in [-0.05, 0) is 43.2 Å². The minimum atomic E-state index is -0.426. The maximum absolute atomic E-state index is 13.2. The van der Waals surface area contributed by atoms with Crippen molar-refractivity contribution in [3.8, 4) is 0 Å². The van der Waals surface area contributed by atoms with Crippen LogP contribution in [0.1, 0.15) is 46.5 Å². The number of carbonyl (C=O) groups excluding carboxylic acids is 2. The van der Waals surface area contributed by atoms with Gasteiger partial charge in [-0.15, -0.1) is 0 Å².